The lowest BCUT2D eigenvalue weighted by Gasteiger charge is -2.35. The van der Waals surface area contributed by atoms with Gasteiger partial charge in [-0.1, -0.05) is 0 Å². The minimum absolute atomic E-state index is 0.136. The minimum Gasteiger partial charge on any atom is -0.469 e. The van der Waals surface area contributed by atoms with Crippen molar-refractivity contribution in [2.45, 2.75) is 58.0 Å². The second-order valence-electron chi connectivity index (χ2n) is 6.11. The van der Waals surface area contributed by atoms with Crippen LogP contribution in [0.3, 0.4) is 0 Å². The van der Waals surface area contributed by atoms with Crippen LogP contribution in [0.15, 0.2) is 0 Å². The summed E-state index contributed by atoms with van der Waals surface area (Å²) in [5.41, 5.74) is 0. The number of likely N-dealkylation sites (tertiary alicyclic amines) is 1. The third-order valence-electron chi connectivity index (χ3n) is 4.34. The highest BCUT2D eigenvalue weighted by atomic mass is 16.7. The summed E-state index contributed by atoms with van der Waals surface area (Å²) in [6, 6.07) is 0.638. The van der Waals surface area contributed by atoms with Crippen LogP contribution in [0.4, 0.5) is 0 Å². The van der Waals surface area contributed by atoms with Crippen molar-refractivity contribution in [3.63, 3.8) is 0 Å². The molecule has 2 unspecified atom stereocenters. The van der Waals surface area contributed by atoms with Gasteiger partial charge in [0, 0.05) is 12.5 Å². The summed E-state index contributed by atoms with van der Waals surface area (Å²) in [5.74, 6) is 0.441. The number of carbonyl (C=O) groups is 1. The number of ether oxygens (including phenoxy) is 3. The number of hydrogen-bond donors (Lipinski definition) is 0. The summed E-state index contributed by atoms with van der Waals surface area (Å²) in [7, 11) is 1.40. The largest absolute Gasteiger partial charge is 0.469 e. The second-order valence-corrected chi connectivity index (χ2v) is 6.11. The Kier molecular flexibility index (Phi) is 5.81. The Morgan fingerprint density at radius 3 is 2.65 bits per heavy atom. The molecule has 2 aliphatic heterocycles. The van der Waals surface area contributed by atoms with Crippen LogP contribution in [0.25, 0.3) is 0 Å². The van der Waals surface area contributed by atoms with Gasteiger partial charge in [-0.2, -0.15) is 0 Å². The molecule has 20 heavy (non-hydrogen) atoms. The fourth-order valence-electron chi connectivity index (χ4n) is 2.98. The first-order valence-electron chi connectivity index (χ1n) is 7.66. The van der Waals surface area contributed by atoms with Crippen LogP contribution in [-0.4, -0.2) is 56.1 Å². The Hall–Kier alpha value is -0.650. The molecule has 2 atom stereocenters. The lowest BCUT2D eigenvalue weighted by molar-refractivity contribution is -0.144. The quantitative estimate of drug-likeness (QED) is 0.721. The molecule has 2 heterocycles. The van der Waals surface area contributed by atoms with Crippen molar-refractivity contribution in [2.75, 3.05) is 26.8 Å². The zero-order chi connectivity index (χ0) is 14.5. The van der Waals surface area contributed by atoms with Crippen LogP contribution in [0.1, 0.15) is 39.5 Å². The van der Waals surface area contributed by atoms with E-state index in [-0.39, 0.29) is 18.4 Å². The van der Waals surface area contributed by atoms with E-state index in [2.05, 4.69) is 23.5 Å². The van der Waals surface area contributed by atoms with Gasteiger partial charge in [0.05, 0.1) is 26.2 Å². The maximum absolute atomic E-state index is 11.2. The Balaban J connectivity index is 1.67. The normalized spacial score (nSPS) is 29.0. The molecule has 0 bridgehead atoms. The predicted octanol–water partition coefficient (Wildman–Crippen LogP) is 1.80. The first kappa shape index (κ1) is 15.7. The van der Waals surface area contributed by atoms with Crippen LogP contribution in [0.5, 0.6) is 0 Å². The lowest BCUT2D eigenvalue weighted by Crippen LogP contribution is -2.39. The van der Waals surface area contributed by atoms with E-state index in [0.717, 1.165) is 6.42 Å². The van der Waals surface area contributed by atoms with Gasteiger partial charge in [0.2, 0.25) is 0 Å². The van der Waals surface area contributed by atoms with Gasteiger partial charge in [0.1, 0.15) is 0 Å². The first-order valence-corrected chi connectivity index (χ1v) is 7.66. The molecule has 0 aromatic carbocycles. The van der Waals surface area contributed by atoms with Crippen molar-refractivity contribution in [2.24, 2.45) is 5.92 Å². The van der Waals surface area contributed by atoms with Crippen molar-refractivity contribution in [3.8, 4) is 0 Å². The van der Waals surface area contributed by atoms with Gasteiger partial charge < -0.3 is 19.1 Å². The molecule has 5 heteroatoms. The molecule has 0 N–H and O–H groups in total. The maximum Gasteiger partial charge on any atom is 0.308 e. The second kappa shape index (κ2) is 7.38. The van der Waals surface area contributed by atoms with Crippen LogP contribution in [0, 0.1) is 5.92 Å². The van der Waals surface area contributed by atoms with Gasteiger partial charge in [-0.05, 0) is 45.7 Å². The fraction of sp³-hybridized carbons (Fsp3) is 0.933. The predicted molar refractivity (Wildman–Crippen MR) is 75.3 cm³/mol. The minimum atomic E-state index is -0.232. The average Bonchev–Trinajstić information content (AvgIpc) is 2.86. The van der Waals surface area contributed by atoms with Crippen LogP contribution >= 0.6 is 0 Å². The number of piperidine rings is 1. The van der Waals surface area contributed by atoms with Crippen LogP contribution in [0.2, 0.25) is 0 Å². The van der Waals surface area contributed by atoms with E-state index in [9.17, 15) is 4.79 Å². The molecule has 5 nitrogen and oxygen atoms in total. The SMILES string of the molecule is COC(=O)CC1COC(CC2CCN(C(C)C)CC2)O1. The Morgan fingerprint density at radius 1 is 1.35 bits per heavy atom. The van der Waals surface area contributed by atoms with Crippen molar-refractivity contribution < 1.29 is 19.0 Å². The number of carbonyl (C=O) groups excluding carboxylic acids is 1. The molecule has 2 rings (SSSR count). The number of rotatable bonds is 5. The third-order valence-corrected chi connectivity index (χ3v) is 4.34. The fourth-order valence-corrected chi connectivity index (χ4v) is 2.98. The molecule has 2 fully saturated rings. The highest BCUT2D eigenvalue weighted by Crippen LogP contribution is 2.27. The van der Waals surface area contributed by atoms with E-state index in [0.29, 0.717) is 25.0 Å². The summed E-state index contributed by atoms with van der Waals surface area (Å²) >= 11 is 0. The third kappa shape index (κ3) is 4.43. The van der Waals surface area contributed by atoms with Crippen molar-refractivity contribution >= 4 is 5.97 Å². The van der Waals surface area contributed by atoms with Gasteiger partial charge in [-0.25, -0.2) is 0 Å². The van der Waals surface area contributed by atoms with Gasteiger partial charge in [0.15, 0.2) is 6.29 Å². The Morgan fingerprint density at radius 2 is 2.05 bits per heavy atom. The van der Waals surface area contributed by atoms with Crippen molar-refractivity contribution in [1.82, 2.24) is 4.90 Å². The van der Waals surface area contributed by atoms with Crippen molar-refractivity contribution in [3.05, 3.63) is 0 Å². The van der Waals surface area contributed by atoms with E-state index < -0.39 is 0 Å². The molecule has 0 aliphatic carbocycles. The summed E-state index contributed by atoms with van der Waals surface area (Å²) in [5, 5.41) is 0. The van der Waals surface area contributed by atoms with Crippen molar-refractivity contribution in [1.29, 1.82) is 0 Å². The first-order chi connectivity index (χ1) is 9.58. The van der Waals surface area contributed by atoms with Gasteiger partial charge in [-0.15, -0.1) is 0 Å². The average molecular weight is 285 g/mol. The lowest BCUT2D eigenvalue weighted by atomic mass is 9.92. The molecule has 2 aliphatic rings. The summed E-state index contributed by atoms with van der Waals surface area (Å²) < 4.78 is 16.1. The van der Waals surface area contributed by atoms with Crippen LogP contribution in [-0.2, 0) is 19.0 Å². The summed E-state index contributed by atoms with van der Waals surface area (Å²) in [6.45, 7) is 7.34. The van der Waals surface area contributed by atoms with Crippen LogP contribution < -0.4 is 0 Å². The highest BCUT2D eigenvalue weighted by Gasteiger charge is 2.31. The molecule has 0 aromatic heterocycles. The van der Waals surface area contributed by atoms with E-state index in [4.69, 9.17) is 9.47 Å². The summed E-state index contributed by atoms with van der Waals surface area (Å²) in [6.07, 6.45) is 3.39. The van der Waals surface area contributed by atoms with Gasteiger partial charge in [-0.3, -0.25) is 4.79 Å². The van der Waals surface area contributed by atoms with E-state index >= 15 is 0 Å². The van der Waals surface area contributed by atoms with Gasteiger partial charge in [0.25, 0.3) is 0 Å². The summed E-state index contributed by atoms with van der Waals surface area (Å²) in [4.78, 5) is 13.7. The molecule has 0 amide bonds. The number of esters is 1. The molecular weight excluding hydrogens is 258 g/mol. The zero-order valence-electron chi connectivity index (χ0n) is 12.8. The molecule has 0 radical (unpaired) electrons. The van der Waals surface area contributed by atoms with Gasteiger partial charge >= 0.3 is 5.97 Å². The Labute approximate surface area is 121 Å². The maximum atomic E-state index is 11.2. The monoisotopic (exact) mass is 285 g/mol. The molecule has 2 saturated heterocycles. The molecule has 0 aromatic rings. The molecule has 116 valence electrons. The smallest absolute Gasteiger partial charge is 0.308 e. The van der Waals surface area contributed by atoms with E-state index in [1.807, 2.05) is 0 Å². The molecular formula is C15H27NO4. The standard InChI is InChI=1S/C15H27NO4/c1-11(2)16-6-4-12(5-7-16)8-15-19-10-13(20-15)9-14(17)18-3/h11-13,15H,4-10H2,1-3H3. The zero-order valence-corrected chi connectivity index (χ0v) is 12.8. The molecule has 0 saturated carbocycles. The van der Waals surface area contributed by atoms with E-state index in [1.165, 1.54) is 33.0 Å². The number of nitrogens with zero attached hydrogens (tertiary/aromatic N) is 1. The Bertz CT molecular complexity index is 313. The number of hydrogen-bond acceptors (Lipinski definition) is 5. The molecule has 0 spiro atoms. The number of methoxy groups -OCH3 is 1. The highest BCUT2D eigenvalue weighted by molar-refractivity contribution is 5.69. The van der Waals surface area contributed by atoms with E-state index in [1.54, 1.807) is 0 Å². The topological polar surface area (TPSA) is 48.0 Å².